The topological polar surface area (TPSA) is 133 Å². The number of amides is 2. The molecular weight excluding hydrogens is 304 g/mol. The van der Waals surface area contributed by atoms with Crippen molar-refractivity contribution in [3.8, 4) is 0 Å². The molecule has 0 saturated carbocycles. The molecular formula is C15H22N2O6. The van der Waals surface area contributed by atoms with Crippen LogP contribution in [0.15, 0.2) is 18.2 Å². The smallest absolute Gasteiger partial charge is 0.324 e. The molecule has 0 unspecified atom stereocenters. The summed E-state index contributed by atoms with van der Waals surface area (Å²) in [4.78, 5) is 13.3. The van der Waals surface area contributed by atoms with Gasteiger partial charge in [0.15, 0.2) is 6.23 Å². The fourth-order valence-electron chi connectivity index (χ4n) is 2.80. The number of carbonyl (C=O) groups excluding carboxylic acids is 1. The van der Waals surface area contributed by atoms with Crippen molar-refractivity contribution < 1.29 is 30.3 Å². The van der Waals surface area contributed by atoms with Crippen LogP contribution in [0.1, 0.15) is 11.1 Å². The van der Waals surface area contributed by atoms with E-state index in [2.05, 4.69) is 5.32 Å². The third-order valence-corrected chi connectivity index (χ3v) is 4.07. The lowest BCUT2D eigenvalue weighted by molar-refractivity contribution is -0.0947. The highest BCUT2D eigenvalue weighted by Gasteiger charge is 2.46. The Bertz CT molecular complexity index is 561. The summed E-state index contributed by atoms with van der Waals surface area (Å²) in [6.45, 7) is 2.82. The number of benzene rings is 1. The van der Waals surface area contributed by atoms with Crippen molar-refractivity contribution in [3.05, 3.63) is 29.3 Å². The molecule has 23 heavy (non-hydrogen) atoms. The highest BCUT2D eigenvalue weighted by Crippen LogP contribution is 2.30. The fraction of sp³-hybridized carbons (Fsp3) is 0.533. The zero-order chi connectivity index (χ0) is 17.3. The van der Waals surface area contributed by atoms with Crippen LogP contribution >= 0.6 is 0 Å². The van der Waals surface area contributed by atoms with Gasteiger partial charge >= 0.3 is 6.03 Å². The van der Waals surface area contributed by atoms with Gasteiger partial charge < -0.3 is 30.8 Å². The van der Waals surface area contributed by atoms with Gasteiger partial charge in [0.05, 0.1) is 12.3 Å². The standard InChI is InChI=1S/C15H22N2O6/c1-7-4-3-5-8(2)11(7)17-14(22)10(16-15(17)23)13(21)12(20)9(19)6-18/h3-5,9-10,12-14,18-22H,6H2,1-2H3,(H,16,23)/t9-,10-,12-,13+,14-/m1/s1. The molecule has 1 heterocycles. The average molecular weight is 326 g/mol. The molecule has 8 heteroatoms. The van der Waals surface area contributed by atoms with E-state index >= 15 is 0 Å². The van der Waals surface area contributed by atoms with Gasteiger partial charge in [0.2, 0.25) is 0 Å². The van der Waals surface area contributed by atoms with Gasteiger partial charge in [-0.2, -0.15) is 0 Å². The molecule has 0 aliphatic carbocycles. The molecule has 0 radical (unpaired) electrons. The van der Waals surface area contributed by atoms with Crippen molar-refractivity contribution in [2.24, 2.45) is 0 Å². The van der Waals surface area contributed by atoms with Gasteiger partial charge in [0, 0.05) is 0 Å². The van der Waals surface area contributed by atoms with Gasteiger partial charge in [-0.15, -0.1) is 0 Å². The second-order valence-corrected chi connectivity index (χ2v) is 5.73. The molecule has 0 bridgehead atoms. The van der Waals surface area contributed by atoms with E-state index in [1.54, 1.807) is 26.0 Å². The van der Waals surface area contributed by atoms with Crippen LogP contribution < -0.4 is 10.2 Å². The number of anilines is 1. The molecule has 8 nitrogen and oxygen atoms in total. The van der Waals surface area contributed by atoms with Gasteiger partial charge in [-0.1, -0.05) is 18.2 Å². The minimum absolute atomic E-state index is 0.518. The van der Waals surface area contributed by atoms with Crippen molar-refractivity contribution in [1.29, 1.82) is 0 Å². The number of hydrogen-bond donors (Lipinski definition) is 6. The molecule has 1 aromatic rings. The maximum atomic E-state index is 12.2. The van der Waals surface area contributed by atoms with Crippen molar-refractivity contribution in [1.82, 2.24) is 5.32 Å². The first-order valence-electron chi connectivity index (χ1n) is 7.28. The molecule has 5 atom stereocenters. The molecule has 1 fully saturated rings. The molecule has 2 rings (SSSR count). The number of aliphatic hydroxyl groups excluding tert-OH is 5. The van der Waals surface area contributed by atoms with Gasteiger partial charge in [-0.25, -0.2) is 4.79 Å². The minimum Gasteiger partial charge on any atom is -0.394 e. The monoisotopic (exact) mass is 326 g/mol. The van der Waals surface area contributed by atoms with Crippen molar-refractivity contribution in [2.45, 2.75) is 44.4 Å². The highest BCUT2D eigenvalue weighted by atomic mass is 16.4. The molecule has 6 N–H and O–H groups in total. The number of carbonyl (C=O) groups is 1. The maximum Gasteiger partial charge on any atom is 0.324 e. The lowest BCUT2D eigenvalue weighted by Crippen LogP contribution is -2.53. The number of urea groups is 1. The van der Waals surface area contributed by atoms with E-state index in [9.17, 15) is 25.2 Å². The van der Waals surface area contributed by atoms with Crippen LogP contribution in [0.25, 0.3) is 0 Å². The van der Waals surface area contributed by atoms with Gasteiger partial charge in [-0.3, -0.25) is 4.90 Å². The van der Waals surface area contributed by atoms with Crippen LogP contribution in [0.5, 0.6) is 0 Å². The first-order valence-corrected chi connectivity index (χ1v) is 7.28. The molecule has 0 spiro atoms. The van der Waals surface area contributed by atoms with E-state index in [1.165, 1.54) is 0 Å². The van der Waals surface area contributed by atoms with E-state index in [-0.39, 0.29) is 0 Å². The lowest BCUT2D eigenvalue weighted by Gasteiger charge is -2.29. The number of hydrogen-bond acceptors (Lipinski definition) is 6. The predicted octanol–water partition coefficient (Wildman–Crippen LogP) is -1.40. The predicted molar refractivity (Wildman–Crippen MR) is 81.8 cm³/mol. The maximum absolute atomic E-state index is 12.2. The lowest BCUT2D eigenvalue weighted by atomic mass is 10.00. The number of nitrogens with one attached hydrogen (secondary N) is 1. The van der Waals surface area contributed by atoms with E-state index in [4.69, 9.17) is 5.11 Å². The van der Waals surface area contributed by atoms with E-state index in [1.807, 2.05) is 6.07 Å². The molecule has 2 amide bonds. The van der Waals surface area contributed by atoms with Crippen LogP contribution in [0.4, 0.5) is 10.5 Å². The van der Waals surface area contributed by atoms with E-state index < -0.39 is 43.2 Å². The average Bonchev–Trinajstić information content (AvgIpc) is 2.80. The fourth-order valence-corrected chi connectivity index (χ4v) is 2.80. The second kappa shape index (κ2) is 6.81. The number of nitrogens with zero attached hydrogens (tertiary/aromatic N) is 1. The zero-order valence-corrected chi connectivity index (χ0v) is 12.9. The molecule has 1 saturated heterocycles. The Morgan fingerprint density at radius 3 is 2.30 bits per heavy atom. The van der Waals surface area contributed by atoms with Crippen LogP contribution in [-0.2, 0) is 0 Å². The zero-order valence-electron chi connectivity index (χ0n) is 12.9. The van der Waals surface area contributed by atoms with Crippen molar-refractivity contribution in [3.63, 3.8) is 0 Å². The number of rotatable bonds is 5. The quantitative estimate of drug-likeness (QED) is 0.394. The highest BCUT2D eigenvalue weighted by molar-refractivity contribution is 5.96. The normalized spacial score (nSPS) is 25.2. The summed E-state index contributed by atoms with van der Waals surface area (Å²) in [5.41, 5.74) is 2.06. The van der Waals surface area contributed by atoms with Gasteiger partial charge in [0.1, 0.15) is 24.4 Å². The number of aryl methyl sites for hydroxylation is 2. The Hall–Kier alpha value is -1.71. The largest absolute Gasteiger partial charge is 0.394 e. The Balaban J connectivity index is 2.28. The Morgan fingerprint density at radius 2 is 1.78 bits per heavy atom. The first-order chi connectivity index (χ1) is 10.8. The summed E-state index contributed by atoms with van der Waals surface area (Å²) in [5.74, 6) is 0. The van der Waals surface area contributed by atoms with Crippen LogP contribution in [0, 0.1) is 13.8 Å². The molecule has 1 aliphatic rings. The Labute approximate surface area is 133 Å². The number of aliphatic hydroxyl groups is 5. The number of para-hydroxylation sites is 1. The summed E-state index contributed by atoms with van der Waals surface area (Å²) >= 11 is 0. The van der Waals surface area contributed by atoms with Gasteiger partial charge in [-0.05, 0) is 25.0 Å². The van der Waals surface area contributed by atoms with Crippen molar-refractivity contribution in [2.75, 3.05) is 11.5 Å². The third kappa shape index (κ3) is 3.17. The third-order valence-electron chi connectivity index (χ3n) is 4.07. The van der Waals surface area contributed by atoms with Crippen molar-refractivity contribution >= 4 is 11.7 Å². The van der Waals surface area contributed by atoms with Gasteiger partial charge in [0.25, 0.3) is 0 Å². The minimum atomic E-state index is -1.71. The second-order valence-electron chi connectivity index (χ2n) is 5.73. The summed E-state index contributed by atoms with van der Waals surface area (Å²) in [6, 6.07) is 3.57. The van der Waals surface area contributed by atoms with E-state index in [0.29, 0.717) is 5.69 Å². The summed E-state index contributed by atoms with van der Waals surface area (Å²) < 4.78 is 0. The first kappa shape index (κ1) is 17.6. The molecule has 128 valence electrons. The Morgan fingerprint density at radius 1 is 1.22 bits per heavy atom. The Kier molecular flexibility index (Phi) is 5.23. The van der Waals surface area contributed by atoms with Crippen LogP contribution in [0.3, 0.4) is 0 Å². The summed E-state index contributed by atoms with van der Waals surface area (Å²) in [5, 5.41) is 50.9. The molecule has 0 aromatic heterocycles. The van der Waals surface area contributed by atoms with E-state index in [0.717, 1.165) is 16.0 Å². The SMILES string of the molecule is Cc1cccc(C)c1N1C(=O)N[C@H]([C@H](O)[C@H](O)[C@H](O)CO)[C@H]1O. The summed E-state index contributed by atoms with van der Waals surface area (Å²) in [7, 11) is 0. The van der Waals surface area contributed by atoms with Crippen LogP contribution in [-0.4, -0.2) is 68.8 Å². The van der Waals surface area contributed by atoms with Crippen LogP contribution in [0.2, 0.25) is 0 Å². The molecule has 1 aromatic carbocycles. The summed E-state index contributed by atoms with van der Waals surface area (Å²) in [6.07, 6.45) is -6.37. The molecule has 1 aliphatic heterocycles.